The minimum absolute atomic E-state index is 0.0226. The van der Waals surface area contributed by atoms with Gasteiger partial charge in [0.25, 0.3) is 11.6 Å². The number of carbonyl (C=O) groups is 2. The molecule has 2 aliphatic rings. The van der Waals surface area contributed by atoms with Gasteiger partial charge in [-0.15, -0.1) is 0 Å². The molecule has 0 aromatic heterocycles. The van der Waals surface area contributed by atoms with Crippen molar-refractivity contribution in [1.29, 1.82) is 0 Å². The van der Waals surface area contributed by atoms with Gasteiger partial charge in [-0.1, -0.05) is 66.7 Å². The van der Waals surface area contributed by atoms with Gasteiger partial charge < -0.3 is 29.5 Å². The van der Waals surface area contributed by atoms with Crippen molar-refractivity contribution in [2.45, 2.75) is 58.0 Å². The highest BCUT2D eigenvalue weighted by molar-refractivity contribution is 5.82. The number of carbonyl (C=O) groups excluding carboxylic acids is 2. The Morgan fingerprint density at radius 1 is 0.904 bits per heavy atom. The van der Waals surface area contributed by atoms with Gasteiger partial charge in [0.05, 0.1) is 23.7 Å². The third kappa shape index (κ3) is 9.39. The Balaban J connectivity index is 1.12. The summed E-state index contributed by atoms with van der Waals surface area (Å²) >= 11 is 0. The molecule has 4 aromatic carbocycles. The molecule has 4 aromatic rings. The van der Waals surface area contributed by atoms with Crippen LogP contribution in [-0.2, 0) is 37.0 Å². The Morgan fingerprint density at radius 2 is 1.60 bits per heavy atom. The number of hydrogen-bond donors (Lipinski definition) is 2. The molecule has 2 heterocycles. The maximum Gasteiger partial charge on any atom is 0.303 e. The molecule has 52 heavy (non-hydrogen) atoms. The van der Waals surface area contributed by atoms with Gasteiger partial charge in [-0.25, -0.2) is 0 Å². The lowest BCUT2D eigenvalue weighted by Gasteiger charge is -2.41. The third-order valence-corrected chi connectivity index (χ3v) is 9.50. The highest BCUT2D eigenvalue weighted by atomic mass is 16.7. The van der Waals surface area contributed by atoms with E-state index in [9.17, 15) is 24.8 Å². The number of hydrogen-bond acceptors (Lipinski definition) is 10. The first-order valence-electron chi connectivity index (χ1n) is 17.5. The number of rotatable bonds is 12. The first-order valence-corrected chi connectivity index (χ1v) is 17.5. The average molecular weight is 709 g/mol. The van der Waals surface area contributed by atoms with Crippen LogP contribution in [0.4, 0.5) is 11.4 Å². The zero-order chi connectivity index (χ0) is 36.6. The smallest absolute Gasteiger partial charge is 0.303 e. The van der Waals surface area contributed by atoms with Gasteiger partial charge in [-0.05, 0) is 52.9 Å². The van der Waals surface area contributed by atoms with E-state index in [1.165, 1.54) is 6.92 Å². The number of nitro benzene ring substituents is 1. The molecule has 6 rings (SSSR count). The molecule has 4 atom stereocenters. The van der Waals surface area contributed by atoms with E-state index in [0.29, 0.717) is 13.0 Å². The van der Waals surface area contributed by atoms with Crippen LogP contribution in [0.25, 0.3) is 11.1 Å². The molecule has 12 nitrogen and oxygen atoms in total. The number of aliphatic hydroxyl groups is 1. The van der Waals surface area contributed by atoms with Gasteiger partial charge in [-0.3, -0.25) is 24.6 Å². The number of anilines is 1. The van der Waals surface area contributed by atoms with Crippen molar-refractivity contribution in [3.8, 4) is 11.1 Å². The van der Waals surface area contributed by atoms with Crippen molar-refractivity contribution in [1.82, 2.24) is 10.2 Å². The second-order valence-electron chi connectivity index (χ2n) is 13.2. The topological polar surface area (TPSA) is 144 Å². The molecule has 0 spiro atoms. The summed E-state index contributed by atoms with van der Waals surface area (Å²) < 4.78 is 18.2. The molecular weight excluding hydrogens is 664 g/mol. The quantitative estimate of drug-likeness (QED) is 0.107. The van der Waals surface area contributed by atoms with Gasteiger partial charge in [0.2, 0.25) is 0 Å². The molecule has 2 aliphatic heterocycles. The second-order valence-corrected chi connectivity index (χ2v) is 13.2. The van der Waals surface area contributed by atoms with E-state index < -0.39 is 18.4 Å². The number of non-ortho nitro benzene ring substituents is 1. The molecule has 0 aliphatic carbocycles. The van der Waals surface area contributed by atoms with Crippen molar-refractivity contribution in [3.05, 3.63) is 129 Å². The van der Waals surface area contributed by atoms with Crippen LogP contribution in [0.15, 0.2) is 97.1 Å². The molecule has 1 amide bonds. The molecule has 0 bridgehead atoms. The van der Waals surface area contributed by atoms with Crippen LogP contribution in [0, 0.1) is 10.1 Å². The summed E-state index contributed by atoms with van der Waals surface area (Å²) in [4.78, 5) is 38.8. The largest absolute Gasteiger partial charge is 0.453 e. The first kappa shape index (κ1) is 36.6. The van der Waals surface area contributed by atoms with Crippen molar-refractivity contribution in [2.24, 2.45) is 0 Å². The van der Waals surface area contributed by atoms with Gasteiger partial charge in [0.1, 0.15) is 0 Å². The zero-order valence-corrected chi connectivity index (χ0v) is 29.4. The SMILES string of the molecule is CC(=O)O[C@@H](C)C(=O)NCc1cccc(-c2ccc([C@H]3O[C@@H](CN4CCN(c5ccc([N+](=O)[O-])cc5)CC4)C[C@@H](c4ccc(CO)cc4)O3)cc2)c1. The summed E-state index contributed by atoms with van der Waals surface area (Å²) in [5.74, 6) is -0.861. The van der Waals surface area contributed by atoms with Gasteiger partial charge in [0, 0.05) is 76.0 Å². The van der Waals surface area contributed by atoms with Crippen LogP contribution in [0.3, 0.4) is 0 Å². The Kier molecular flexibility index (Phi) is 11.9. The summed E-state index contributed by atoms with van der Waals surface area (Å²) in [7, 11) is 0. The van der Waals surface area contributed by atoms with Crippen molar-refractivity contribution in [3.63, 3.8) is 0 Å². The Morgan fingerprint density at radius 3 is 2.25 bits per heavy atom. The molecule has 0 unspecified atom stereocenters. The monoisotopic (exact) mass is 708 g/mol. The summed E-state index contributed by atoms with van der Waals surface area (Å²) in [5.41, 5.74) is 6.74. The molecule has 2 fully saturated rings. The van der Waals surface area contributed by atoms with E-state index in [0.717, 1.165) is 71.8 Å². The second kappa shape index (κ2) is 16.9. The predicted molar refractivity (Wildman–Crippen MR) is 195 cm³/mol. The number of benzene rings is 4. The fourth-order valence-corrected chi connectivity index (χ4v) is 6.62. The maximum atomic E-state index is 12.3. The van der Waals surface area contributed by atoms with E-state index in [-0.39, 0.29) is 35.3 Å². The van der Waals surface area contributed by atoms with E-state index >= 15 is 0 Å². The summed E-state index contributed by atoms with van der Waals surface area (Å²) in [6.07, 6.45) is -1.07. The van der Waals surface area contributed by atoms with E-state index in [4.69, 9.17) is 14.2 Å². The van der Waals surface area contributed by atoms with Crippen molar-refractivity contribution < 1.29 is 33.8 Å². The lowest BCUT2D eigenvalue weighted by Crippen LogP contribution is -2.49. The number of amides is 1. The van der Waals surface area contributed by atoms with E-state index in [2.05, 4.69) is 15.1 Å². The Labute approximate surface area is 303 Å². The standard InChI is InChI=1S/C40H44N4O8/c1-27(50-28(2)46)39(47)41-24-30-4-3-5-34(22-30)31-10-12-33(13-11-31)40-51-37(23-38(52-40)32-8-6-29(26-45)7-9-32)25-42-18-20-43(21-19-42)35-14-16-36(17-15-35)44(48)49/h3-17,22,27,37-38,40,45H,18-21,23-26H2,1-2H3,(H,41,47)/t27-,37+,38-,40-/m0/s1. The lowest BCUT2D eigenvalue weighted by molar-refractivity contribution is -0.384. The summed E-state index contributed by atoms with van der Waals surface area (Å²) in [5, 5.41) is 23.5. The summed E-state index contributed by atoms with van der Waals surface area (Å²) in [6.45, 7) is 7.11. The molecule has 2 saturated heterocycles. The van der Waals surface area contributed by atoms with Crippen LogP contribution in [0.1, 0.15) is 54.9 Å². The molecule has 272 valence electrons. The molecule has 12 heteroatoms. The number of nitrogens with one attached hydrogen (secondary N) is 1. The van der Waals surface area contributed by atoms with E-state index in [1.807, 2.05) is 84.9 Å². The zero-order valence-electron chi connectivity index (χ0n) is 29.4. The first-order chi connectivity index (χ1) is 25.1. The lowest BCUT2D eigenvalue weighted by atomic mass is 9.98. The fraction of sp³-hybridized carbons (Fsp3) is 0.350. The third-order valence-electron chi connectivity index (χ3n) is 9.50. The fourth-order valence-electron chi connectivity index (χ4n) is 6.62. The molecule has 0 saturated carbocycles. The number of aliphatic hydroxyl groups excluding tert-OH is 1. The minimum Gasteiger partial charge on any atom is -0.453 e. The highest BCUT2D eigenvalue weighted by Gasteiger charge is 2.34. The van der Waals surface area contributed by atoms with Crippen LogP contribution in [0.2, 0.25) is 0 Å². The number of piperazine rings is 1. The number of esters is 1. The van der Waals surface area contributed by atoms with Crippen LogP contribution in [-0.4, -0.2) is 71.7 Å². The van der Waals surface area contributed by atoms with Crippen LogP contribution >= 0.6 is 0 Å². The minimum atomic E-state index is -0.865. The van der Waals surface area contributed by atoms with E-state index in [1.54, 1.807) is 19.1 Å². The molecule has 0 radical (unpaired) electrons. The predicted octanol–water partition coefficient (Wildman–Crippen LogP) is 5.69. The maximum absolute atomic E-state index is 12.3. The average Bonchev–Trinajstić information content (AvgIpc) is 3.17. The number of ether oxygens (including phenoxy) is 3. The van der Waals surface area contributed by atoms with Gasteiger partial charge in [-0.2, -0.15) is 0 Å². The molecular formula is C40H44N4O8. The number of nitrogens with zero attached hydrogens (tertiary/aromatic N) is 3. The van der Waals surface area contributed by atoms with Crippen molar-refractivity contribution in [2.75, 3.05) is 37.6 Å². The van der Waals surface area contributed by atoms with Crippen LogP contribution < -0.4 is 10.2 Å². The Hall–Kier alpha value is -5.14. The van der Waals surface area contributed by atoms with Crippen LogP contribution in [0.5, 0.6) is 0 Å². The molecule has 2 N–H and O–H groups in total. The normalized spacial score (nSPS) is 19.8. The summed E-state index contributed by atoms with van der Waals surface area (Å²) in [6, 6.07) is 30.6. The van der Waals surface area contributed by atoms with Gasteiger partial charge >= 0.3 is 5.97 Å². The van der Waals surface area contributed by atoms with Gasteiger partial charge in [0.15, 0.2) is 12.4 Å². The highest BCUT2D eigenvalue weighted by Crippen LogP contribution is 2.39. The van der Waals surface area contributed by atoms with Crippen molar-refractivity contribution >= 4 is 23.3 Å². The number of nitro groups is 1. The Bertz CT molecular complexity index is 1830.